The summed E-state index contributed by atoms with van der Waals surface area (Å²) in [5, 5.41) is 0. The number of nitrogens with two attached hydrogens (primary N) is 1. The second-order valence-electron chi connectivity index (χ2n) is 4.27. The highest BCUT2D eigenvalue weighted by atomic mass is 16.5. The van der Waals surface area contributed by atoms with E-state index in [0.717, 1.165) is 25.2 Å². The third kappa shape index (κ3) is 2.74. The van der Waals surface area contributed by atoms with Crippen LogP contribution in [0.25, 0.3) is 0 Å². The Labute approximate surface area is 96.5 Å². The van der Waals surface area contributed by atoms with Crippen molar-refractivity contribution in [2.45, 2.75) is 25.9 Å². The quantitative estimate of drug-likeness (QED) is 0.769. The van der Waals surface area contributed by atoms with Crippen LogP contribution in [-0.2, 0) is 11.2 Å². The summed E-state index contributed by atoms with van der Waals surface area (Å²) >= 11 is 0. The van der Waals surface area contributed by atoms with Crippen molar-refractivity contribution in [3.63, 3.8) is 0 Å². The second-order valence-corrected chi connectivity index (χ2v) is 4.27. The van der Waals surface area contributed by atoms with Gasteiger partial charge < -0.3 is 15.2 Å². The SMILES string of the molecule is Cc1ccc2c(c1)CC(COCCCN)O2. The highest BCUT2D eigenvalue weighted by Gasteiger charge is 2.22. The van der Waals surface area contributed by atoms with Gasteiger partial charge in [0.15, 0.2) is 0 Å². The Kier molecular flexibility index (Phi) is 3.80. The average molecular weight is 221 g/mol. The summed E-state index contributed by atoms with van der Waals surface area (Å²) in [6.45, 7) is 4.18. The average Bonchev–Trinajstić information content (AvgIpc) is 2.66. The first kappa shape index (κ1) is 11.4. The molecule has 0 saturated carbocycles. The number of hydrogen-bond donors (Lipinski definition) is 1. The van der Waals surface area contributed by atoms with Crippen LogP contribution in [0.2, 0.25) is 0 Å². The van der Waals surface area contributed by atoms with Crippen LogP contribution in [0.3, 0.4) is 0 Å². The molecular weight excluding hydrogens is 202 g/mol. The Morgan fingerprint density at radius 2 is 2.38 bits per heavy atom. The molecule has 1 unspecified atom stereocenters. The number of ether oxygens (including phenoxy) is 2. The van der Waals surface area contributed by atoms with Crippen LogP contribution in [0.4, 0.5) is 0 Å². The fraction of sp³-hybridized carbons (Fsp3) is 0.538. The van der Waals surface area contributed by atoms with E-state index >= 15 is 0 Å². The molecule has 2 N–H and O–H groups in total. The van der Waals surface area contributed by atoms with E-state index < -0.39 is 0 Å². The molecule has 0 aliphatic carbocycles. The smallest absolute Gasteiger partial charge is 0.126 e. The van der Waals surface area contributed by atoms with Crippen molar-refractivity contribution in [2.24, 2.45) is 5.73 Å². The number of benzene rings is 1. The molecule has 0 amide bonds. The molecule has 3 heteroatoms. The monoisotopic (exact) mass is 221 g/mol. The molecule has 1 heterocycles. The predicted molar refractivity (Wildman–Crippen MR) is 63.8 cm³/mol. The molecule has 1 aliphatic heterocycles. The summed E-state index contributed by atoms with van der Waals surface area (Å²) in [7, 11) is 0. The number of aryl methyl sites for hydroxylation is 1. The van der Waals surface area contributed by atoms with Gasteiger partial charge in [-0.1, -0.05) is 17.7 Å². The Hall–Kier alpha value is -1.06. The van der Waals surface area contributed by atoms with Gasteiger partial charge in [-0.25, -0.2) is 0 Å². The minimum atomic E-state index is 0.176. The van der Waals surface area contributed by atoms with E-state index in [1.54, 1.807) is 0 Å². The van der Waals surface area contributed by atoms with E-state index in [1.807, 2.05) is 6.07 Å². The lowest BCUT2D eigenvalue weighted by atomic mass is 10.1. The predicted octanol–water partition coefficient (Wildman–Crippen LogP) is 1.66. The number of rotatable bonds is 5. The van der Waals surface area contributed by atoms with Gasteiger partial charge >= 0.3 is 0 Å². The van der Waals surface area contributed by atoms with E-state index in [-0.39, 0.29) is 6.10 Å². The first-order valence-corrected chi connectivity index (χ1v) is 5.83. The van der Waals surface area contributed by atoms with Gasteiger partial charge in [0.25, 0.3) is 0 Å². The fourth-order valence-corrected chi connectivity index (χ4v) is 1.94. The van der Waals surface area contributed by atoms with E-state index in [0.29, 0.717) is 13.2 Å². The van der Waals surface area contributed by atoms with Crippen molar-refractivity contribution in [2.75, 3.05) is 19.8 Å². The van der Waals surface area contributed by atoms with Crippen LogP contribution in [0.15, 0.2) is 18.2 Å². The first-order valence-electron chi connectivity index (χ1n) is 5.83. The molecule has 88 valence electrons. The summed E-state index contributed by atoms with van der Waals surface area (Å²) in [6.07, 6.45) is 2.05. The Balaban J connectivity index is 1.81. The highest BCUT2D eigenvalue weighted by Crippen LogP contribution is 2.29. The van der Waals surface area contributed by atoms with Gasteiger partial charge in [0.1, 0.15) is 11.9 Å². The number of fused-ring (bicyclic) bond motifs is 1. The molecule has 0 spiro atoms. The largest absolute Gasteiger partial charge is 0.487 e. The lowest BCUT2D eigenvalue weighted by molar-refractivity contribution is 0.0601. The molecule has 1 aliphatic rings. The van der Waals surface area contributed by atoms with Gasteiger partial charge in [-0.05, 0) is 31.5 Å². The minimum Gasteiger partial charge on any atom is -0.487 e. The summed E-state index contributed by atoms with van der Waals surface area (Å²) < 4.78 is 11.3. The molecule has 1 aromatic carbocycles. The molecular formula is C13H19NO2. The van der Waals surface area contributed by atoms with Gasteiger partial charge in [0.2, 0.25) is 0 Å². The first-order chi connectivity index (χ1) is 7.79. The van der Waals surface area contributed by atoms with Gasteiger partial charge in [-0.2, -0.15) is 0 Å². The van der Waals surface area contributed by atoms with Gasteiger partial charge in [-0.15, -0.1) is 0 Å². The van der Waals surface area contributed by atoms with Crippen LogP contribution >= 0.6 is 0 Å². The molecule has 0 fully saturated rings. The van der Waals surface area contributed by atoms with E-state index in [4.69, 9.17) is 15.2 Å². The lowest BCUT2D eigenvalue weighted by Crippen LogP contribution is -2.21. The van der Waals surface area contributed by atoms with Crippen LogP contribution in [0.5, 0.6) is 5.75 Å². The maximum atomic E-state index is 5.79. The van der Waals surface area contributed by atoms with E-state index in [9.17, 15) is 0 Å². The fourth-order valence-electron chi connectivity index (χ4n) is 1.94. The molecule has 0 bridgehead atoms. The summed E-state index contributed by atoms with van der Waals surface area (Å²) in [4.78, 5) is 0. The van der Waals surface area contributed by atoms with Gasteiger partial charge in [0, 0.05) is 13.0 Å². The zero-order valence-electron chi connectivity index (χ0n) is 9.74. The molecule has 16 heavy (non-hydrogen) atoms. The van der Waals surface area contributed by atoms with Crippen LogP contribution in [0, 0.1) is 6.92 Å². The Morgan fingerprint density at radius 1 is 1.50 bits per heavy atom. The van der Waals surface area contributed by atoms with Crippen molar-refractivity contribution < 1.29 is 9.47 Å². The molecule has 2 rings (SSSR count). The Morgan fingerprint density at radius 3 is 3.19 bits per heavy atom. The maximum Gasteiger partial charge on any atom is 0.126 e. The molecule has 1 atom stereocenters. The van der Waals surface area contributed by atoms with Crippen LogP contribution in [-0.4, -0.2) is 25.9 Å². The lowest BCUT2D eigenvalue weighted by Gasteiger charge is -2.10. The molecule has 1 aromatic rings. The second kappa shape index (κ2) is 5.32. The van der Waals surface area contributed by atoms with Crippen LogP contribution in [0.1, 0.15) is 17.5 Å². The topological polar surface area (TPSA) is 44.5 Å². The van der Waals surface area contributed by atoms with Crippen molar-refractivity contribution in [1.29, 1.82) is 0 Å². The standard InChI is InChI=1S/C13H19NO2/c1-10-3-4-13-11(7-10)8-12(16-13)9-15-6-2-5-14/h3-4,7,12H,2,5-6,8-9,14H2,1H3. The van der Waals surface area contributed by atoms with Crippen LogP contribution < -0.4 is 10.5 Å². The van der Waals surface area contributed by atoms with Crippen molar-refractivity contribution in [3.8, 4) is 5.75 Å². The number of hydrogen-bond acceptors (Lipinski definition) is 3. The van der Waals surface area contributed by atoms with Crippen molar-refractivity contribution in [1.82, 2.24) is 0 Å². The molecule has 0 radical (unpaired) electrons. The maximum absolute atomic E-state index is 5.79. The third-order valence-electron chi connectivity index (χ3n) is 2.75. The van der Waals surface area contributed by atoms with E-state index in [2.05, 4.69) is 19.1 Å². The van der Waals surface area contributed by atoms with Gasteiger partial charge in [-0.3, -0.25) is 0 Å². The summed E-state index contributed by atoms with van der Waals surface area (Å²) in [6, 6.07) is 6.32. The van der Waals surface area contributed by atoms with Crippen molar-refractivity contribution in [3.05, 3.63) is 29.3 Å². The Bertz CT molecular complexity index is 352. The molecule has 3 nitrogen and oxygen atoms in total. The zero-order valence-corrected chi connectivity index (χ0v) is 9.74. The zero-order chi connectivity index (χ0) is 11.4. The van der Waals surface area contributed by atoms with Gasteiger partial charge in [0.05, 0.1) is 6.61 Å². The molecule has 0 saturated heterocycles. The highest BCUT2D eigenvalue weighted by molar-refractivity contribution is 5.40. The third-order valence-corrected chi connectivity index (χ3v) is 2.75. The summed E-state index contributed by atoms with van der Waals surface area (Å²) in [5.74, 6) is 1.01. The minimum absolute atomic E-state index is 0.176. The van der Waals surface area contributed by atoms with Crippen molar-refractivity contribution >= 4 is 0 Å². The summed E-state index contributed by atoms with van der Waals surface area (Å²) in [5.41, 5.74) is 7.98. The van der Waals surface area contributed by atoms with E-state index in [1.165, 1.54) is 11.1 Å². The normalized spacial score (nSPS) is 18.2. The molecule has 0 aromatic heterocycles.